The van der Waals surface area contributed by atoms with Crippen molar-refractivity contribution in [1.29, 1.82) is 0 Å². The summed E-state index contributed by atoms with van der Waals surface area (Å²) in [6.07, 6.45) is 3.97. The van der Waals surface area contributed by atoms with Gasteiger partial charge in [-0.05, 0) is 38.5 Å². The lowest BCUT2D eigenvalue weighted by atomic mass is 10.2. The van der Waals surface area contributed by atoms with Crippen molar-refractivity contribution in [2.45, 2.75) is 33.0 Å². The van der Waals surface area contributed by atoms with Gasteiger partial charge in [0.25, 0.3) is 0 Å². The molecule has 0 radical (unpaired) electrons. The zero-order valence-electron chi connectivity index (χ0n) is 13.4. The van der Waals surface area contributed by atoms with Crippen molar-refractivity contribution in [1.82, 2.24) is 10.4 Å². The average molecular weight is 316 g/mol. The summed E-state index contributed by atoms with van der Waals surface area (Å²) in [6, 6.07) is 9.34. The fourth-order valence-electron chi connectivity index (χ4n) is 1.77. The predicted molar refractivity (Wildman–Crippen MR) is 84.7 cm³/mol. The number of hydrazine groups is 1. The van der Waals surface area contributed by atoms with Gasteiger partial charge >= 0.3 is 12.1 Å². The fraction of sp³-hybridized carbons (Fsp3) is 0.294. The lowest BCUT2D eigenvalue weighted by Gasteiger charge is -2.26. The van der Waals surface area contributed by atoms with Crippen LogP contribution in [0.25, 0.3) is 0 Å². The second-order valence-corrected chi connectivity index (χ2v) is 5.95. The minimum Gasteiger partial charge on any atom is -0.455 e. The average Bonchev–Trinajstić information content (AvgIpc) is 2.52. The number of nitrogens with one attached hydrogen (secondary N) is 1. The summed E-state index contributed by atoms with van der Waals surface area (Å²) in [5.41, 5.74) is 3.10. The van der Waals surface area contributed by atoms with Crippen LogP contribution in [0.3, 0.4) is 0 Å². The van der Waals surface area contributed by atoms with Crippen molar-refractivity contribution in [3.63, 3.8) is 0 Å². The third-order valence-corrected chi connectivity index (χ3v) is 2.76. The van der Waals surface area contributed by atoms with Gasteiger partial charge in [-0.1, -0.05) is 30.3 Å². The van der Waals surface area contributed by atoms with Crippen LogP contribution < -0.4 is 5.43 Å². The third kappa shape index (κ3) is 5.18. The molecular weight excluding hydrogens is 296 g/mol. The number of rotatable bonds is 3. The Hall–Kier alpha value is -2.76. The molecule has 0 saturated carbocycles. The zero-order chi connectivity index (χ0) is 16.9. The number of amides is 1. The van der Waals surface area contributed by atoms with Crippen LogP contribution in [0.4, 0.5) is 4.79 Å². The lowest BCUT2D eigenvalue weighted by molar-refractivity contribution is -0.150. The Morgan fingerprint density at radius 2 is 1.87 bits per heavy atom. The first-order valence-electron chi connectivity index (χ1n) is 7.23. The molecule has 1 aliphatic rings. The van der Waals surface area contributed by atoms with Crippen LogP contribution >= 0.6 is 0 Å². The largest absolute Gasteiger partial charge is 0.455 e. The van der Waals surface area contributed by atoms with Crippen LogP contribution in [-0.4, -0.2) is 22.7 Å². The highest BCUT2D eigenvalue weighted by Crippen LogP contribution is 2.12. The summed E-state index contributed by atoms with van der Waals surface area (Å²) in [6.45, 7) is 5.47. The molecule has 23 heavy (non-hydrogen) atoms. The van der Waals surface area contributed by atoms with E-state index in [1.54, 1.807) is 26.8 Å². The molecule has 0 unspecified atom stereocenters. The summed E-state index contributed by atoms with van der Waals surface area (Å²) in [7, 11) is 0. The molecule has 6 heteroatoms. The maximum atomic E-state index is 12.0. The van der Waals surface area contributed by atoms with E-state index in [1.807, 2.05) is 30.3 Å². The zero-order valence-corrected chi connectivity index (χ0v) is 13.4. The van der Waals surface area contributed by atoms with Crippen LogP contribution in [0, 0.1) is 0 Å². The number of allylic oxidation sites excluding steroid dienone is 2. The van der Waals surface area contributed by atoms with Crippen molar-refractivity contribution in [2.24, 2.45) is 0 Å². The highest BCUT2D eigenvalue weighted by atomic mass is 16.6. The van der Waals surface area contributed by atoms with Gasteiger partial charge in [-0.15, -0.1) is 0 Å². The third-order valence-electron chi connectivity index (χ3n) is 2.76. The molecule has 0 fully saturated rings. The topological polar surface area (TPSA) is 67.9 Å². The highest BCUT2D eigenvalue weighted by molar-refractivity contribution is 5.89. The van der Waals surface area contributed by atoms with Crippen molar-refractivity contribution < 1.29 is 19.1 Å². The summed E-state index contributed by atoms with van der Waals surface area (Å²) in [4.78, 5) is 24.0. The SMILES string of the molecule is CC(C)(C)OC(=O)C1=CC=CN(C(=O)OCc2ccccc2)N1. The summed E-state index contributed by atoms with van der Waals surface area (Å²) in [5, 5.41) is 1.10. The molecule has 122 valence electrons. The van der Waals surface area contributed by atoms with Gasteiger partial charge in [0, 0.05) is 6.20 Å². The first kappa shape index (κ1) is 16.6. The Morgan fingerprint density at radius 1 is 1.17 bits per heavy atom. The molecule has 0 atom stereocenters. The van der Waals surface area contributed by atoms with Gasteiger partial charge in [0.05, 0.1) is 0 Å². The first-order valence-corrected chi connectivity index (χ1v) is 7.23. The molecule has 1 aromatic carbocycles. The minimum absolute atomic E-state index is 0.150. The summed E-state index contributed by atoms with van der Waals surface area (Å²) >= 11 is 0. The number of nitrogens with zero attached hydrogens (tertiary/aromatic N) is 1. The Bertz CT molecular complexity index is 630. The van der Waals surface area contributed by atoms with E-state index in [4.69, 9.17) is 9.47 Å². The van der Waals surface area contributed by atoms with Crippen LogP contribution in [0.5, 0.6) is 0 Å². The molecule has 0 spiro atoms. The molecule has 1 amide bonds. The van der Waals surface area contributed by atoms with Gasteiger partial charge in [0.2, 0.25) is 0 Å². The van der Waals surface area contributed by atoms with E-state index in [-0.39, 0.29) is 12.3 Å². The van der Waals surface area contributed by atoms with Crippen molar-refractivity contribution >= 4 is 12.1 Å². The quantitative estimate of drug-likeness (QED) is 0.869. The number of hydrogen-bond donors (Lipinski definition) is 1. The van der Waals surface area contributed by atoms with E-state index in [0.717, 1.165) is 10.6 Å². The molecule has 1 N–H and O–H groups in total. The molecule has 1 aromatic rings. The lowest BCUT2D eigenvalue weighted by Crippen LogP contribution is -2.43. The number of ether oxygens (including phenoxy) is 2. The number of hydrogen-bond acceptors (Lipinski definition) is 5. The molecule has 6 nitrogen and oxygen atoms in total. The Labute approximate surface area is 135 Å². The van der Waals surface area contributed by atoms with E-state index < -0.39 is 17.7 Å². The Balaban J connectivity index is 1.90. The van der Waals surface area contributed by atoms with Crippen molar-refractivity contribution in [2.75, 3.05) is 0 Å². The number of carbonyl (C=O) groups is 2. The molecular formula is C17H20N2O4. The van der Waals surface area contributed by atoms with E-state index in [2.05, 4.69) is 5.43 Å². The number of benzene rings is 1. The van der Waals surface area contributed by atoms with Gasteiger partial charge in [0.1, 0.15) is 17.9 Å². The molecule has 0 saturated heterocycles. The monoisotopic (exact) mass is 316 g/mol. The predicted octanol–water partition coefficient (Wildman–Crippen LogP) is 2.88. The minimum atomic E-state index is -0.612. The highest BCUT2D eigenvalue weighted by Gasteiger charge is 2.24. The van der Waals surface area contributed by atoms with E-state index in [1.165, 1.54) is 12.3 Å². The fourth-order valence-corrected chi connectivity index (χ4v) is 1.77. The maximum Gasteiger partial charge on any atom is 0.433 e. The van der Waals surface area contributed by atoms with Gasteiger partial charge in [-0.3, -0.25) is 5.43 Å². The second kappa shape index (κ2) is 7.00. The van der Waals surface area contributed by atoms with Crippen molar-refractivity contribution in [3.05, 3.63) is 59.9 Å². The van der Waals surface area contributed by atoms with Crippen LogP contribution in [0.1, 0.15) is 26.3 Å². The van der Waals surface area contributed by atoms with Gasteiger partial charge in [0.15, 0.2) is 0 Å². The first-order chi connectivity index (χ1) is 10.8. The molecule has 1 aliphatic heterocycles. The second-order valence-electron chi connectivity index (χ2n) is 5.95. The standard InChI is InChI=1S/C17H20N2O4/c1-17(2,3)23-15(20)14-10-7-11-19(18-14)16(21)22-12-13-8-5-4-6-9-13/h4-11,18H,12H2,1-3H3. The van der Waals surface area contributed by atoms with Crippen molar-refractivity contribution in [3.8, 4) is 0 Å². The summed E-state index contributed by atoms with van der Waals surface area (Å²) in [5.74, 6) is -0.539. The molecule has 1 heterocycles. The molecule has 0 aliphatic carbocycles. The summed E-state index contributed by atoms with van der Waals surface area (Å²) < 4.78 is 10.4. The van der Waals surface area contributed by atoms with Gasteiger partial charge in [-0.2, -0.15) is 5.01 Å². The molecule has 2 rings (SSSR count). The smallest absolute Gasteiger partial charge is 0.433 e. The molecule has 0 aromatic heterocycles. The normalized spacial score (nSPS) is 13.9. The van der Waals surface area contributed by atoms with Crippen LogP contribution in [0.15, 0.2) is 54.4 Å². The maximum absolute atomic E-state index is 12.0. The number of carbonyl (C=O) groups excluding carboxylic acids is 2. The number of esters is 1. The van der Waals surface area contributed by atoms with Gasteiger partial charge in [-0.25, -0.2) is 9.59 Å². The Kier molecular flexibility index (Phi) is 5.05. The van der Waals surface area contributed by atoms with E-state index in [0.29, 0.717) is 0 Å². The molecule has 0 bridgehead atoms. The van der Waals surface area contributed by atoms with E-state index in [9.17, 15) is 9.59 Å². The van der Waals surface area contributed by atoms with Crippen LogP contribution in [-0.2, 0) is 20.9 Å². The van der Waals surface area contributed by atoms with Gasteiger partial charge < -0.3 is 9.47 Å². The van der Waals surface area contributed by atoms with Crippen LogP contribution in [0.2, 0.25) is 0 Å². The van der Waals surface area contributed by atoms with E-state index >= 15 is 0 Å². The Morgan fingerprint density at radius 3 is 2.52 bits per heavy atom.